The van der Waals surface area contributed by atoms with Gasteiger partial charge in [-0.3, -0.25) is 0 Å². The number of carbonyl (C=O) groups excluding carboxylic acids is 1. The van der Waals surface area contributed by atoms with E-state index in [9.17, 15) is 35.4 Å². The number of phenols is 2. The minimum absolute atomic E-state index is 0.192. The second kappa shape index (κ2) is 11.0. The summed E-state index contributed by atoms with van der Waals surface area (Å²) in [5, 5.41) is 67.6. The van der Waals surface area contributed by atoms with Crippen molar-refractivity contribution in [2.45, 2.75) is 36.8 Å². The van der Waals surface area contributed by atoms with E-state index in [1.807, 2.05) is 0 Å². The van der Waals surface area contributed by atoms with Crippen LogP contribution in [0, 0.1) is 11.3 Å². The molecule has 0 unspecified atom stereocenters. The van der Waals surface area contributed by atoms with Gasteiger partial charge in [0.05, 0.1) is 12.7 Å². The van der Waals surface area contributed by atoms with Crippen LogP contribution in [-0.2, 0) is 14.3 Å². The van der Waals surface area contributed by atoms with Gasteiger partial charge in [0.2, 0.25) is 6.29 Å². The number of phenolic OH excluding ortho intramolecular Hbond substituents is 2. The molecule has 11 nitrogen and oxygen atoms in total. The normalized spacial score (nSPS) is 25.4. The number of aliphatic hydroxyl groups excluding tert-OH is 4. The Bertz CT molecular complexity index is 1060. The Kier molecular flexibility index (Phi) is 8.06. The van der Waals surface area contributed by atoms with Crippen LogP contribution in [-0.4, -0.2) is 73.9 Å². The quantitative estimate of drug-likeness (QED) is 0.138. The Balaban J connectivity index is 1.64. The lowest BCUT2D eigenvalue weighted by Gasteiger charge is -2.41. The Labute approximate surface area is 193 Å². The van der Waals surface area contributed by atoms with Crippen LogP contribution in [0.25, 0.3) is 6.08 Å². The molecule has 11 heteroatoms. The minimum atomic E-state index is -1.66. The fourth-order valence-corrected chi connectivity index (χ4v) is 3.21. The molecule has 2 aromatic rings. The Morgan fingerprint density at radius 1 is 1.12 bits per heavy atom. The van der Waals surface area contributed by atoms with E-state index in [0.29, 0.717) is 11.1 Å². The summed E-state index contributed by atoms with van der Waals surface area (Å²) in [5.74, 6) is -1.43. The van der Waals surface area contributed by atoms with Crippen LogP contribution in [0.2, 0.25) is 0 Å². The Hall–Kier alpha value is -3.66. The zero-order chi connectivity index (χ0) is 24.8. The first-order valence-corrected chi connectivity index (χ1v) is 10.1. The van der Waals surface area contributed by atoms with Crippen molar-refractivity contribution >= 4 is 12.0 Å². The number of aliphatic hydroxyl groups is 4. The van der Waals surface area contributed by atoms with Crippen molar-refractivity contribution in [1.82, 2.24) is 0 Å². The van der Waals surface area contributed by atoms with Gasteiger partial charge in [0.1, 0.15) is 24.1 Å². The summed E-state index contributed by atoms with van der Waals surface area (Å²) in [5.41, 5.74) is 0.712. The van der Waals surface area contributed by atoms with Gasteiger partial charge in [-0.15, -0.1) is 0 Å². The Morgan fingerprint density at radius 2 is 1.82 bits per heavy atom. The topological polar surface area (TPSA) is 190 Å². The maximum atomic E-state index is 12.2. The van der Waals surface area contributed by atoms with Crippen LogP contribution in [0.1, 0.15) is 17.2 Å². The first kappa shape index (κ1) is 25.0. The smallest absolute Gasteiger partial charge is 0.331 e. The molecule has 0 aliphatic carbocycles. The first-order chi connectivity index (χ1) is 16.2. The molecule has 0 amide bonds. The summed E-state index contributed by atoms with van der Waals surface area (Å²) in [6, 6.07) is 11.3. The van der Waals surface area contributed by atoms with Crippen LogP contribution in [0.5, 0.6) is 17.2 Å². The monoisotopic (exact) mass is 473 g/mol. The van der Waals surface area contributed by atoms with Crippen molar-refractivity contribution in [3.05, 3.63) is 59.7 Å². The minimum Gasteiger partial charge on any atom is -0.504 e. The molecule has 180 valence electrons. The zero-order valence-electron chi connectivity index (χ0n) is 17.6. The highest BCUT2D eigenvalue weighted by molar-refractivity contribution is 5.87. The summed E-state index contributed by atoms with van der Waals surface area (Å²) in [4.78, 5) is 12.2. The number of hydrogen-bond acceptors (Lipinski definition) is 11. The number of nitrogens with zero attached hydrogens (tertiary/aromatic N) is 1. The Morgan fingerprint density at radius 3 is 2.44 bits per heavy atom. The summed E-state index contributed by atoms with van der Waals surface area (Å²) in [7, 11) is 0. The highest BCUT2D eigenvalue weighted by atomic mass is 16.7. The van der Waals surface area contributed by atoms with E-state index in [1.165, 1.54) is 48.5 Å². The molecule has 6 N–H and O–H groups in total. The van der Waals surface area contributed by atoms with Gasteiger partial charge in [0.15, 0.2) is 23.7 Å². The molecule has 6 atom stereocenters. The van der Waals surface area contributed by atoms with Crippen molar-refractivity contribution in [2.24, 2.45) is 0 Å². The van der Waals surface area contributed by atoms with E-state index >= 15 is 0 Å². The van der Waals surface area contributed by atoms with Crippen LogP contribution < -0.4 is 4.74 Å². The number of carbonyl (C=O) groups is 1. The molecule has 3 rings (SSSR count). The van der Waals surface area contributed by atoms with E-state index < -0.39 is 49.4 Å². The second-order valence-corrected chi connectivity index (χ2v) is 7.41. The predicted molar refractivity (Wildman–Crippen MR) is 114 cm³/mol. The molecular formula is C23H23NO10. The summed E-state index contributed by atoms with van der Waals surface area (Å²) in [6.07, 6.45) is -6.38. The number of nitriles is 1. The molecule has 0 spiro atoms. The molecule has 1 saturated heterocycles. The number of hydrogen-bond donors (Lipinski definition) is 6. The van der Waals surface area contributed by atoms with E-state index in [-0.39, 0.29) is 17.2 Å². The maximum absolute atomic E-state index is 12.2. The molecule has 0 bridgehead atoms. The second-order valence-electron chi connectivity index (χ2n) is 7.41. The standard InChI is InChI=1S/C23H23NO10/c24-10-17(28)13-3-5-14(6-4-13)32-23-21(31)20(30)22(18(11-25)33-23)34-19(29)8-2-12-1-7-15(26)16(27)9-12/h1-9,17-18,20-23,25-28,30-31H,11H2/b8-2+/t17-,18-,20-,21-,22-,23-/m1/s1. The third-order valence-electron chi connectivity index (χ3n) is 5.05. The van der Waals surface area contributed by atoms with Crippen LogP contribution in [0.4, 0.5) is 0 Å². The third-order valence-corrected chi connectivity index (χ3v) is 5.05. The molecule has 0 aromatic heterocycles. The summed E-state index contributed by atoms with van der Waals surface area (Å²) < 4.78 is 16.2. The van der Waals surface area contributed by atoms with Gasteiger partial charge in [0.25, 0.3) is 0 Å². The van der Waals surface area contributed by atoms with E-state index in [4.69, 9.17) is 19.5 Å². The van der Waals surface area contributed by atoms with Crippen molar-refractivity contribution in [2.75, 3.05) is 6.61 Å². The molecule has 0 radical (unpaired) electrons. The van der Waals surface area contributed by atoms with Crippen LogP contribution in [0.3, 0.4) is 0 Å². The first-order valence-electron chi connectivity index (χ1n) is 10.1. The number of ether oxygens (including phenoxy) is 3. The van der Waals surface area contributed by atoms with Crippen molar-refractivity contribution < 1.29 is 49.6 Å². The number of esters is 1. The number of aromatic hydroxyl groups is 2. The van der Waals surface area contributed by atoms with Gasteiger partial charge >= 0.3 is 5.97 Å². The van der Waals surface area contributed by atoms with Gasteiger partial charge < -0.3 is 44.8 Å². The number of rotatable bonds is 7. The zero-order valence-corrected chi connectivity index (χ0v) is 17.6. The van der Waals surface area contributed by atoms with Gasteiger partial charge in [0, 0.05) is 6.08 Å². The lowest BCUT2D eigenvalue weighted by atomic mass is 9.99. The van der Waals surface area contributed by atoms with Crippen LogP contribution in [0.15, 0.2) is 48.5 Å². The highest BCUT2D eigenvalue weighted by Gasteiger charge is 2.47. The van der Waals surface area contributed by atoms with Gasteiger partial charge in [-0.05, 0) is 41.5 Å². The van der Waals surface area contributed by atoms with E-state index in [1.54, 1.807) is 6.07 Å². The highest BCUT2D eigenvalue weighted by Crippen LogP contribution is 2.28. The fraction of sp³-hybridized carbons (Fsp3) is 0.304. The largest absolute Gasteiger partial charge is 0.504 e. The molecular weight excluding hydrogens is 450 g/mol. The molecule has 1 aliphatic heterocycles. The average molecular weight is 473 g/mol. The van der Waals surface area contributed by atoms with E-state index in [0.717, 1.165) is 6.08 Å². The molecule has 2 aromatic carbocycles. The average Bonchev–Trinajstić information content (AvgIpc) is 2.84. The number of benzene rings is 2. The lowest BCUT2D eigenvalue weighted by molar-refractivity contribution is -0.280. The van der Waals surface area contributed by atoms with Crippen molar-refractivity contribution in [3.63, 3.8) is 0 Å². The molecule has 1 heterocycles. The van der Waals surface area contributed by atoms with Gasteiger partial charge in [-0.2, -0.15) is 5.26 Å². The molecule has 0 saturated carbocycles. The van der Waals surface area contributed by atoms with Gasteiger partial charge in [-0.25, -0.2) is 4.79 Å². The maximum Gasteiger partial charge on any atom is 0.331 e. The summed E-state index contributed by atoms with van der Waals surface area (Å²) >= 11 is 0. The fourth-order valence-electron chi connectivity index (χ4n) is 3.21. The summed E-state index contributed by atoms with van der Waals surface area (Å²) in [6.45, 7) is -0.662. The van der Waals surface area contributed by atoms with Crippen molar-refractivity contribution in [1.29, 1.82) is 5.26 Å². The predicted octanol–water partition coefficient (Wildman–Crippen LogP) is 0.0978. The molecule has 1 aliphatic rings. The third kappa shape index (κ3) is 5.82. The lowest BCUT2D eigenvalue weighted by Crippen LogP contribution is -2.61. The van der Waals surface area contributed by atoms with Crippen molar-refractivity contribution in [3.8, 4) is 23.3 Å². The molecule has 34 heavy (non-hydrogen) atoms. The SMILES string of the molecule is N#C[C@@H](O)c1ccc(O[C@@H]2O[C@H](CO)[C@@H](OC(=O)/C=C/c3ccc(O)c(O)c3)[C@H](O)[C@H]2O)cc1. The van der Waals surface area contributed by atoms with Crippen LogP contribution >= 0.6 is 0 Å². The molecule has 1 fully saturated rings. The van der Waals surface area contributed by atoms with E-state index in [2.05, 4.69) is 0 Å². The van der Waals surface area contributed by atoms with Gasteiger partial charge in [-0.1, -0.05) is 18.2 Å².